The van der Waals surface area contributed by atoms with Crippen LogP contribution in [0.5, 0.6) is 0 Å². The van der Waals surface area contributed by atoms with Crippen LogP contribution in [0, 0.1) is 0 Å². The highest BCUT2D eigenvalue weighted by atomic mass is 16.3. The van der Waals surface area contributed by atoms with Crippen LogP contribution < -0.4 is 5.56 Å². The number of pyridine rings is 1. The fraction of sp³-hybridized carbons (Fsp3) is 0.200. The van der Waals surface area contributed by atoms with Crippen LogP contribution in [0.15, 0.2) is 41.3 Å². The molecule has 0 amide bonds. The number of H-pyrrole nitrogens is 1. The van der Waals surface area contributed by atoms with E-state index in [1.165, 1.54) is 6.07 Å². The Labute approximate surface area is 114 Å². The first kappa shape index (κ1) is 11.4. The Morgan fingerprint density at radius 1 is 1.25 bits per heavy atom. The van der Waals surface area contributed by atoms with E-state index in [1.807, 2.05) is 12.1 Å². The zero-order valence-corrected chi connectivity index (χ0v) is 10.7. The van der Waals surface area contributed by atoms with Crippen LogP contribution in [-0.4, -0.2) is 19.6 Å². The van der Waals surface area contributed by atoms with Gasteiger partial charge in [-0.15, -0.1) is 0 Å². The highest BCUT2D eigenvalue weighted by Crippen LogP contribution is 2.31. The lowest BCUT2D eigenvalue weighted by molar-refractivity contribution is 0.176. The van der Waals surface area contributed by atoms with Crippen LogP contribution in [-0.2, 0) is 6.54 Å². The molecule has 0 saturated carbocycles. The molecule has 1 aliphatic rings. The van der Waals surface area contributed by atoms with Crippen molar-refractivity contribution in [1.82, 2.24) is 14.5 Å². The smallest absolute Gasteiger partial charge is 0.247 e. The molecule has 4 rings (SSSR count). The number of aliphatic hydroxyl groups is 1. The number of aromatic amines is 1. The van der Waals surface area contributed by atoms with Crippen LogP contribution in [0.2, 0.25) is 0 Å². The van der Waals surface area contributed by atoms with E-state index in [2.05, 4.69) is 20.6 Å². The van der Waals surface area contributed by atoms with Gasteiger partial charge in [0.1, 0.15) is 11.9 Å². The molecule has 5 heteroatoms. The molecule has 5 nitrogen and oxygen atoms in total. The topological polar surface area (TPSA) is 70.9 Å². The Bertz CT molecular complexity index is 843. The zero-order chi connectivity index (χ0) is 13.7. The van der Waals surface area contributed by atoms with Gasteiger partial charge in [-0.3, -0.25) is 4.79 Å². The molecule has 1 aliphatic heterocycles. The molecule has 1 aromatic carbocycles. The summed E-state index contributed by atoms with van der Waals surface area (Å²) in [6.45, 7) is 0.794. The van der Waals surface area contributed by atoms with E-state index in [1.54, 1.807) is 12.3 Å². The highest BCUT2D eigenvalue weighted by molar-refractivity contribution is 5.82. The van der Waals surface area contributed by atoms with Crippen molar-refractivity contribution in [2.45, 2.75) is 19.1 Å². The van der Waals surface area contributed by atoms with E-state index in [4.69, 9.17) is 0 Å². The molecule has 20 heavy (non-hydrogen) atoms. The molecule has 0 saturated heterocycles. The molecule has 3 heterocycles. The van der Waals surface area contributed by atoms with E-state index >= 15 is 0 Å². The number of benzene rings is 1. The lowest BCUT2D eigenvalue weighted by Crippen LogP contribution is -2.01. The number of aromatic nitrogens is 3. The van der Waals surface area contributed by atoms with Gasteiger partial charge in [-0.2, -0.15) is 0 Å². The quantitative estimate of drug-likeness (QED) is 0.706. The summed E-state index contributed by atoms with van der Waals surface area (Å²) in [5.74, 6) is 0.749. The molecule has 2 aromatic heterocycles. The maximum Gasteiger partial charge on any atom is 0.247 e. The standard InChI is InChI=1S/C15H13N3O2/c19-13-5-6-18-12-7-9(1-3-11(12)17-15(13)18)10-2-4-14(20)16-8-10/h1-4,7-8,13,19H,5-6H2,(H,16,20)/t13-/m1/s1. The average molecular weight is 267 g/mol. The maximum atomic E-state index is 11.1. The summed E-state index contributed by atoms with van der Waals surface area (Å²) in [5.41, 5.74) is 3.80. The molecule has 3 aromatic rings. The summed E-state index contributed by atoms with van der Waals surface area (Å²) in [4.78, 5) is 18.3. The molecule has 0 bridgehead atoms. The summed E-state index contributed by atoms with van der Waals surface area (Å²) in [7, 11) is 0. The fourth-order valence-electron chi connectivity index (χ4n) is 2.78. The molecule has 100 valence electrons. The van der Waals surface area contributed by atoms with Crippen molar-refractivity contribution in [3.63, 3.8) is 0 Å². The lowest BCUT2D eigenvalue weighted by atomic mass is 10.1. The molecular formula is C15H13N3O2. The number of aryl methyl sites for hydroxylation is 1. The van der Waals surface area contributed by atoms with Crippen LogP contribution in [0.3, 0.4) is 0 Å². The second-order valence-electron chi connectivity index (χ2n) is 5.07. The number of imidazole rings is 1. The predicted octanol–water partition coefficient (Wildman–Crippen LogP) is 1.83. The van der Waals surface area contributed by atoms with E-state index in [0.717, 1.165) is 41.0 Å². The summed E-state index contributed by atoms with van der Waals surface area (Å²) in [6, 6.07) is 9.30. The SMILES string of the molecule is O=c1ccc(-c2ccc3nc4n(c3c2)CC[C@H]4O)c[nH]1. The molecule has 0 spiro atoms. The van der Waals surface area contributed by atoms with Gasteiger partial charge in [-0.05, 0) is 35.7 Å². The average Bonchev–Trinajstić information content (AvgIpc) is 3.00. The first-order valence-electron chi connectivity index (χ1n) is 6.60. The minimum absolute atomic E-state index is 0.108. The molecule has 2 N–H and O–H groups in total. The Morgan fingerprint density at radius 2 is 2.10 bits per heavy atom. The first-order chi connectivity index (χ1) is 9.72. The van der Waals surface area contributed by atoms with Crippen LogP contribution in [0.25, 0.3) is 22.2 Å². The van der Waals surface area contributed by atoms with Gasteiger partial charge in [0.05, 0.1) is 11.0 Å². The number of hydrogen-bond acceptors (Lipinski definition) is 3. The van der Waals surface area contributed by atoms with E-state index in [9.17, 15) is 9.90 Å². The van der Waals surface area contributed by atoms with Gasteiger partial charge in [0, 0.05) is 18.8 Å². The number of nitrogens with zero attached hydrogens (tertiary/aromatic N) is 2. The molecule has 1 atom stereocenters. The van der Waals surface area contributed by atoms with E-state index in [0.29, 0.717) is 0 Å². The van der Waals surface area contributed by atoms with E-state index in [-0.39, 0.29) is 5.56 Å². The Hall–Kier alpha value is -2.40. The second kappa shape index (κ2) is 4.05. The summed E-state index contributed by atoms with van der Waals surface area (Å²) < 4.78 is 2.06. The number of hydrogen-bond donors (Lipinski definition) is 2. The van der Waals surface area contributed by atoms with Crippen molar-refractivity contribution in [2.24, 2.45) is 0 Å². The van der Waals surface area contributed by atoms with Crippen molar-refractivity contribution in [3.05, 3.63) is 52.7 Å². The fourth-order valence-corrected chi connectivity index (χ4v) is 2.78. The third-order valence-corrected chi connectivity index (χ3v) is 3.82. The van der Waals surface area contributed by atoms with Gasteiger partial charge in [0.15, 0.2) is 0 Å². The van der Waals surface area contributed by atoms with Gasteiger partial charge in [-0.25, -0.2) is 4.98 Å². The molecular weight excluding hydrogens is 254 g/mol. The summed E-state index contributed by atoms with van der Waals surface area (Å²) in [5, 5.41) is 9.88. The third kappa shape index (κ3) is 1.60. The van der Waals surface area contributed by atoms with Crippen molar-refractivity contribution in [3.8, 4) is 11.1 Å². The lowest BCUT2D eigenvalue weighted by Gasteiger charge is -2.03. The third-order valence-electron chi connectivity index (χ3n) is 3.82. The number of nitrogens with one attached hydrogen (secondary N) is 1. The van der Waals surface area contributed by atoms with Crippen molar-refractivity contribution in [2.75, 3.05) is 0 Å². The summed E-state index contributed by atoms with van der Waals surface area (Å²) in [6.07, 6.45) is 1.97. The Kier molecular flexibility index (Phi) is 2.31. The molecule has 0 unspecified atom stereocenters. The van der Waals surface area contributed by atoms with Crippen LogP contribution in [0.4, 0.5) is 0 Å². The van der Waals surface area contributed by atoms with Crippen molar-refractivity contribution < 1.29 is 5.11 Å². The minimum Gasteiger partial charge on any atom is -0.385 e. The zero-order valence-electron chi connectivity index (χ0n) is 10.7. The van der Waals surface area contributed by atoms with Crippen LogP contribution >= 0.6 is 0 Å². The molecule has 0 aliphatic carbocycles. The van der Waals surface area contributed by atoms with Gasteiger partial charge in [-0.1, -0.05) is 6.07 Å². The number of rotatable bonds is 1. The monoisotopic (exact) mass is 267 g/mol. The normalized spacial score (nSPS) is 17.6. The van der Waals surface area contributed by atoms with E-state index < -0.39 is 6.10 Å². The number of aliphatic hydroxyl groups excluding tert-OH is 1. The highest BCUT2D eigenvalue weighted by Gasteiger charge is 2.24. The van der Waals surface area contributed by atoms with Crippen molar-refractivity contribution >= 4 is 11.0 Å². The van der Waals surface area contributed by atoms with Gasteiger partial charge in [0.25, 0.3) is 0 Å². The van der Waals surface area contributed by atoms with Gasteiger partial charge >= 0.3 is 0 Å². The van der Waals surface area contributed by atoms with Gasteiger partial charge < -0.3 is 14.7 Å². The predicted molar refractivity (Wildman–Crippen MR) is 75.4 cm³/mol. The maximum absolute atomic E-state index is 11.1. The number of fused-ring (bicyclic) bond motifs is 3. The van der Waals surface area contributed by atoms with Crippen molar-refractivity contribution in [1.29, 1.82) is 0 Å². The first-order valence-corrected chi connectivity index (χ1v) is 6.60. The minimum atomic E-state index is -0.459. The Morgan fingerprint density at radius 3 is 2.90 bits per heavy atom. The largest absolute Gasteiger partial charge is 0.385 e. The molecule has 0 fully saturated rings. The summed E-state index contributed by atoms with van der Waals surface area (Å²) >= 11 is 0. The molecule has 0 radical (unpaired) electrons. The Balaban J connectivity index is 1.90. The second-order valence-corrected chi connectivity index (χ2v) is 5.07. The van der Waals surface area contributed by atoms with Gasteiger partial charge in [0.2, 0.25) is 5.56 Å². The van der Waals surface area contributed by atoms with Crippen LogP contribution in [0.1, 0.15) is 18.3 Å².